The molecule has 1 aliphatic carbocycles. The van der Waals surface area contributed by atoms with Crippen LogP contribution in [0.5, 0.6) is 5.75 Å². The van der Waals surface area contributed by atoms with E-state index in [1.807, 2.05) is 6.07 Å². The summed E-state index contributed by atoms with van der Waals surface area (Å²) in [5.74, 6) is 2.07. The summed E-state index contributed by atoms with van der Waals surface area (Å²) in [5.41, 5.74) is 0.862. The number of hydrogen-bond acceptors (Lipinski definition) is 3. The molecule has 114 valence electrons. The van der Waals surface area contributed by atoms with E-state index in [2.05, 4.69) is 39.0 Å². The molecule has 2 heterocycles. The molecule has 1 saturated heterocycles. The fourth-order valence-corrected chi connectivity index (χ4v) is 5.29. The molecule has 0 unspecified atom stereocenters. The highest BCUT2D eigenvalue weighted by molar-refractivity contribution is 5.40. The summed E-state index contributed by atoms with van der Waals surface area (Å²) in [6.45, 7) is 7.60. The third-order valence-corrected chi connectivity index (χ3v) is 6.56. The van der Waals surface area contributed by atoms with Crippen LogP contribution in [0.1, 0.15) is 38.9 Å². The molecule has 2 fully saturated rings. The molecule has 3 aliphatic rings. The second kappa shape index (κ2) is 4.23. The Morgan fingerprint density at radius 1 is 1.29 bits per heavy atom. The molecule has 3 heteroatoms. The maximum atomic E-state index is 10.1. The molecule has 6 atom stereocenters. The first-order chi connectivity index (χ1) is 10.0. The van der Waals surface area contributed by atoms with Crippen LogP contribution in [0.15, 0.2) is 24.3 Å². The number of fused-ring (bicyclic) bond motifs is 3. The highest BCUT2D eigenvalue weighted by atomic mass is 16.5. The first-order valence-electron chi connectivity index (χ1n) is 8.02. The van der Waals surface area contributed by atoms with E-state index in [4.69, 9.17) is 9.47 Å². The fourth-order valence-electron chi connectivity index (χ4n) is 5.29. The molecular weight excluding hydrogens is 264 g/mol. The highest BCUT2D eigenvalue weighted by Gasteiger charge is 2.64. The summed E-state index contributed by atoms with van der Waals surface area (Å²) in [6.07, 6.45) is 1.08. The van der Waals surface area contributed by atoms with Crippen LogP contribution in [0, 0.1) is 23.2 Å². The minimum absolute atomic E-state index is 0.0992. The number of para-hydroxylation sites is 1. The molecule has 0 amide bonds. The van der Waals surface area contributed by atoms with Gasteiger partial charge in [0, 0.05) is 16.9 Å². The average molecular weight is 288 g/mol. The van der Waals surface area contributed by atoms with Crippen molar-refractivity contribution in [1.82, 2.24) is 0 Å². The van der Waals surface area contributed by atoms with Crippen LogP contribution in [0.2, 0.25) is 0 Å². The van der Waals surface area contributed by atoms with Crippen LogP contribution in [0.25, 0.3) is 0 Å². The predicted octanol–water partition coefficient (Wildman–Crippen LogP) is 3.18. The smallest absolute Gasteiger partial charge is 0.125 e. The van der Waals surface area contributed by atoms with Gasteiger partial charge in [0.2, 0.25) is 0 Å². The van der Waals surface area contributed by atoms with Gasteiger partial charge in [0.1, 0.15) is 11.4 Å². The number of ether oxygens (including phenoxy) is 2. The Hall–Kier alpha value is -1.06. The number of hydrogen-bond donors (Lipinski definition) is 1. The van der Waals surface area contributed by atoms with Gasteiger partial charge < -0.3 is 14.6 Å². The van der Waals surface area contributed by atoms with E-state index in [0.717, 1.165) is 12.2 Å². The number of rotatable bonds is 1. The zero-order valence-electron chi connectivity index (χ0n) is 13.0. The zero-order chi connectivity index (χ0) is 14.8. The first-order valence-corrected chi connectivity index (χ1v) is 8.02. The first kappa shape index (κ1) is 13.6. The molecule has 0 spiro atoms. The van der Waals surface area contributed by atoms with E-state index in [0.29, 0.717) is 24.4 Å². The Balaban J connectivity index is 1.87. The monoisotopic (exact) mass is 288 g/mol. The SMILES string of the molecule is C[C@@H]1C[C@@]2(C)Oc3ccccc3[C@@H]3OC[C@@]1(CO)[C@@H](C)[C@H]32. The van der Waals surface area contributed by atoms with Crippen LogP contribution in [0.4, 0.5) is 0 Å². The topological polar surface area (TPSA) is 38.7 Å². The molecule has 21 heavy (non-hydrogen) atoms. The van der Waals surface area contributed by atoms with Gasteiger partial charge in [0.05, 0.1) is 19.3 Å². The molecule has 0 radical (unpaired) electrons. The lowest BCUT2D eigenvalue weighted by atomic mass is 9.50. The standard InChI is InChI=1S/C18H24O3/c1-11-8-17(3)15-12(2)18(11,9-19)10-20-16(15)13-6-4-5-7-14(13)21-17/h4-7,11-12,15-16,19H,8-10H2,1-3H3/t11-,12+,15-,16+,17-,18-/m1/s1. The molecule has 2 bridgehead atoms. The van der Waals surface area contributed by atoms with Gasteiger partial charge in [-0.3, -0.25) is 0 Å². The van der Waals surface area contributed by atoms with Gasteiger partial charge in [-0.25, -0.2) is 0 Å². The van der Waals surface area contributed by atoms with Crippen LogP contribution >= 0.6 is 0 Å². The predicted molar refractivity (Wildman–Crippen MR) is 80.1 cm³/mol. The summed E-state index contributed by atoms with van der Waals surface area (Å²) >= 11 is 0. The lowest BCUT2D eigenvalue weighted by Gasteiger charge is -2.63. The maximum absolute atomic E-state index is 10.1. The van der Waals surface area contributed by atoms with Crippen LogP contribution < -0.4 is 4.74 Å². The molecule has 1 aromatic rings. The van der Waals surface area contributed by atoms with Gasteiger partial charge in [-0.15, -0.1) is 0 Å². The van der Waals surface area contributed by atoms with Gasteiger partial charge >= 0.3 is 0 Å². The number of aliphatic hydroxyl groups is 1. The van der Waals surface area contributed by atoms with Crippen molar-refractivity contribution >= 4 is 0 Å². The molecule has 1 N–H and O–H groups in total. The second-order valence-electron chi connectivity index (χ2n) is 7.50. The largest absolute Gasteiger partial charge is 0.487 e. The van der Waals surface area contributed by atoms with Crippen LogP contribution in [0.3, 0.4) is 0 Å². The Kier molecular flexibility index (Phi) is 2.74. The summed E-state index contributed by atoms with van der Waals surface area (Å²) in [7, 11) is 0. The molecular formula is C18H24O3. The van der Waals surface area contributed by atoms with Gasteiger partial charge in [0.15, 0.2) is 0 Å². The van der Waals surface area contributed by atoms with Crippen molar-refractivity contribution in [2.24, 2.45) is 23.2 Å². The summed E-state index contributed by atoms with van der Waals surface area (Å²) in [5, 5.41) is 10.1. The molecule has 3 nitrogen and oxygen atoms in total. The molecule has 1 aromatic carbocycles. The Bertz CT molecular complexity index is 571. The van der Waals surface area contributed by atoms with E-state index in [9.17, 15) is 5.11 Å². The lowest BCUT2D eigenvalue weighted by Crippen LogP contribution is -2.65. The van der Waals surface area contributed by atoms with E-state index < -0.39 is 0 Å². The van der Waals surface area contributed by atoms with E-state index in [1.165, 1.54) is 5.56 Å². The van der Waals surface area contributed by atoms with Crippen LogP contribution in [-0.2, 0) is 4.74 Å². The minimum Gasteiger partial charge on any atom is -0.487 e. The maximum Gasteiger partial charge on any atom is 0.125 e. The lowest BCUT2D eigenvalue weighted by molar-refractivity contribution is -0.260. The summed E-state index contributed by atoms with van der Waals surface area (Å²) < 4.78 is 12.7. The zero-order valence-corrected chi connectivity index (χ0v) is 13.0. The Labute approximate surface area is 126 Å². The number of aliphatic hydroxyl groups excluding tert-OH is 1. The third kappa shape index (κ3) is 1.56. The van der Waals surface area contributed by atoms with Crippen molar-refractivity contribution in [2.45, 2.75) is 38.9 Å². The summed E-state index contributed by atoms with van der Waals surface area (Å²) in [4.78, 5) is 0. The molecule has 1 saturated carbocycles. The molecule has 4 rings (SSSR count). The molecule has 0 aromatic heterocycles. The van der Waals surface area contributed by atoms with Gasteiger partial charge in [-0.1, -0.05) is 32.0 Å². The summed E-state index contributed by atoms with van der Waals surface area (Å²) in [6, 6.07) is 8.26. The van der Waals surface area contributed by atoms with Crippen molar-refractivity contribution < 1.29 is 14.6 Å². The number of benzene rings is 1. The highest BCUT2D eigenvalue weighted by Crippen LogP contribution is 2.63. The third-order valence-electron chi connectivity index (χ3n) is 6.56. The minimum atomic E-state index is -0.197. The van der Waals surface area contributed by atoms with Crippen LogP contribution in [-0.4, -0.2) is 23.9 Å². The quantitative estimate of drug-likeness (QED) is 0.862. The van der Waals surface area contributed by atoms with Gasteiger partial charge in [0.25, 0.3) is 0 Å². The van der Waals surface area contributed by atoms with Gasteiger partial charge in [-0.2, -0.15) is 0 Å². The fraction of sp³-hybridized carbons (Fsp3) is 0.667. The van der Waals surface area contributed by atoms with Crippen molar-refractivity contribution in [3.8, 4) is 5.75 Å². The van der Waals surface area contributed by atoms with Crippen molar-refractivity contribution in [3.05, 3.63) is 29.8 Å². The Morgan fingerprint density at radius 2 is 2.05 bits per heavy atom. The average Bonchev–Trinajstić information content (AvgIpc) is 2.46. The van der Waals surface area contributed by atoms with E-state index >= 15 is 0 Å². The van der Waals surface area contributed by atoms with Crippen molar-refractivity contribution in [1.29, 1.82) is 0 Å². The van der Waals surface area contributed by atoms with E-state index in [1.54, 1.807) is 0 Å². The Morgan fingerprint density at radius 3 is 2.81 bits per heavy atom. The molecule has 2 aliphatic heterocycles. The second-order valence-corrected chi connectivity index (χ2v) is 7.50. The van der Waals surface area contributed by atoms with Crippen molar-refractivity contribution in [3.63, 3.8) is 0 Å². The van der Waals surface area contributed by atoms with Gasteiger partial charge in [-0.05, 0) is 31.2 Å². The van der Waals surface area contributed by atoms with E-state index in [-0.39, 0.29) is 23.7 Å². The normalized spacial score (nSPS) is 47.4. The van der Waals surface area contributed by atoms with Crippen molar-refractivity contribution in [2.75, 3.05) is 13.2 Å².